The predicted octanol–water partition coefficient (Wildman–Crippen LogP) is 4.17. The molecule has 1 fully saturated rings. The molecule has 1 aliphatic rings. The molecule has 3 heteroatoms. The minimum absolute atomic E-state index is 0.488. The minimum atomic E-state index is -1.22. The summed E-state index contributed by atoms with van der Waals surface area (Å²) >= 11 is 0. The summed E-state index contributed by atoms with van der Waals surface area (Å²) < 4.78 is 0. The van der Waals surface area contributed by atoms with Crippen LogP contribution in [-0.4, -0.2) is 25.6 Å². The number of nitrogens with one attached hydrogen (secondary N) is 1. The average Bonchev–Trinajstić information content (AvgIpc) is 2.76. The van der Waals surface area contributed by atoms with Gasteiger partial charge in [-0.05, 0) is 54.6 Å². The Morgan fingerprint density at radius 2 is 2.05 bits per heavy atom. The Morgan fingerprint density at radius 3 is 2.65 bits per heavy atom. The zero-order valence-corrected chi connectivity index (χ0v) is 15.0. The van der Waals surface area contributed by atoms with Gasteiger partial charge in [0.25, 0.3) is 0 Å². The highest BCUT2D eigenvalue weighted by Gasteiger charge is 2.44. The first-order valence-electron chi connectivity index (χ1n) is 7.85. The van der Waals surface area contributed by atoms with Gasteiger partial charge in [0.1, 0.15) is 0 Å². The van der Waals surface area contributed by atoms with E-state index in [0.29, 0.717) is 11.1 Å². The van der Waals surface area contributed by atoms with E-state index < -0.39 is 8.07 Å². The first-order valence-corrected chi connectivity index (χ1v) is 10.9. The van der Waals surface area contributed by atoms with E-state index in [1.54, 1.807) is 0 Å². The number of rotatable bonds is 3. The molecule has 0 spiro atoms. The van der Waals surface area contributed by atoms with Gasteiger partial charge in [-0.25, -0.2) is 0 Å². The highest BCUT2D eigenvalue weighted by Crippen LogP contribution is 2.46. The van der Waals surface area contributed by atoms with Crippen molar-refractivity contribution in [2.45, 2.75) is 70.3 Å². The largest absolute Gasteiger partial charge is 0.314 e. The first kappa shape index (κ1) is 15.7. The Labute approximate surface area is 125 Å². The van der Waals surface area contributed by atoms with Gasteiger partial charge in [0.15, 0.2) is 0 Å². The third-order valence-electron chi connectivity index (χ3n) is 5.62. The zero-order chi connectivity index (χ0) is 15.0. The number of aryl methyl sites for hydroxylation is 1. The van der Waals surface area contributed by atoms with Crippen LogP contribution >= 0.6 is 0 Å². The van der Waals surface area contributed by atoms with E-state index in [2.05, 4.69) is 63.2 Å². The van der Waals surface area contributed by atoms with Crippen LogP contribution in [0.2, 0.25) is 23.7 Å². The van der Waals surface area contributed by atoms with Crippen LogP contribution in [0.3, 0.4) is 0 Å². The SMILES string of the molecule is Cc1cc(CC2CC([Si](C)(C)C(C)(C)C)CN2)ccn1. The van der Waals surface area contributed by atoms with Crippen LogP contribution in [0, 0.1) is 6.92 Å². The topological polar surface area (TPSA) is 24.9 Å². The molecule has 2 atom stereocenters. The van der Waals surface area contributed by atoms with Gasteiger partial charge in [-0.15, -0.1) is 0 Å². The molecule has 0 bridgehead atoms. The van der Waals surface area contributed by atoms with Gasteiger partial charge < -0.3 is 5.32 Å². The molecule has 0 saturated carbocycles. The van der Waals surface area contributed by atoms with E-state index in [0.717, 1.165) is 17.7 Å². The predicted molar refractivity (Wildman–Crippen MR) is 90.0 cm³/mol. The maximum Gasteiger partial charge on any atom is 0.0572 e. The molecule has 1 aromatic heterocycles. The maximum absolute atomic E-state index is 4.29. The van der Waals surface area contributed by atoms with Gasteiger partial charge in [-0.1, -0.05) is 33.9 Å². The van der Waals surface area contributed by atoms with Gasteiger partial charge in [0.05, 0.1) is 8.07 Å². The normalized spacial score (nSPS) is 24.1. The fraction of sp³-hybridized carbons (Fsp3) is 0.706. The number of hydrogen-bond donors (Lipinski definition) is 1. The molecule has 2 unspecified atom stereocenters. The number of pyridine rings is 1. The lowest BCUT2D eigenvalue weighted by Crippen LogP contribution is -2.42. The highest BCUT2D eigenvalue weighted by atomic mass is 28.3. The summed E-state index contributed by atoms with van der Waals surface area (Å²) in [5.41, 5.74) is 3.45. The Morgan fingerprint density at radius 1 is 1.35 bits per heavy atom. The molecule has 0 radical (unpaired) electrons. The summed E-state index contributed by atoms with van der Waals surface area (Å²) in [4.78, 5) is 4.29. The molecule has 1 aliphatic heterocycles. The van der Waals surface area contributed by atoms with Crippen molar-refractivity contribution in [3.05, 3.63) is 29.6 Å². The fourth-order valence-electron chi connectivity index (χ4n) is 3.15. The maximum atomic E-state index is 4.29. The zero-order valence-electron chi connectivity index (χ0n) is 14.0. The molecule has 2 rings (SSSR count). The number of aromatic nitrogens is 1. The molecular weight excluding hydrogens is 260 g/mol. The van der Waals surface area contributed by atoms with Gasteiger partial charge in [-0.2, -0.15) is 0 Å². The second-order valence-corrected chi connectivity index (χ2v) is 13.8. The summed E-state index contributed by atoms with van der Waals surface area (Å²) in [6.07, 6.45) is 4.43. The van der Waals surface area contributed by atoms with Crippen molar-refractivity contribution in [3.8, 4) is 0 Å². The van der Waals surface area contributed by atoms with Crippen LogP contribution in [0.15, 0.2) is 18.3 Å². The minimum Gasteiger partial charge on any atom is -0.314 e. The molecule has 1 N–H and O–H groups in total. The Bertz CT molecular complexity index is 462. The smallest absolute Gasteiger partial charge is 0.0572 e. The van der Waals surface area contributed by atoms with Crippen molar-refractivity contribution >= 4 is 8.07 Å². The van der Waals surface area contributed by atoms with E-state index in [1.807, 2.05) is 6.20 Å². The van der Waals surface area contributed by atoms with E-state index in [1.165, 1.54) is 18.5 Å². The molecule has 0 aromatic carbocycles. The molecule has 0 aliphatic carbocycles. The van der Waals surface area contributed by atoms with Crippen molar-refractivity contribution in [2.24, 2.45) is 0 Å². The Hall–Kier alpha value is -0.673. The highest BCUT2D eigenvalue weighted by molar-refractivity contribution is 6.81. The third-order valence-corrected chi connectivity index (χ3v) is 12.0. The van der Waals surface area contributed by atoms with Gasteiger partial charge in [-0.3, -0.25) is 4.98 Å². The van der Waals surface area contributed by atoms with Crippen LogP contribution in [0.25, 0.3) is 0 Å². The fourth-order valence-corrected chi connectivity index (χ4v) is 5.88. The quantitative estimate of drug-likeness (QED) is 0.845. The lowest BCUT2D eigenvalue weighted by molar-refractivity contribution is 0.599. The molecule has 20 heavy (non-hydrogen) atoms. The molecule has 2 heterocycles. The summed E-state index contributed by atoms with van der Waals surface area (Å²) in [5.74, 6) is 0. The van der Waals surface area contributed by atoms with Crippen LogP contribution in [0.5, 0.6) is 0 Å². The van der Waals surface area contributed by atoms with E-state index in [4.69, 9.17) is 0 Å². The summed E-state index contributed by atoms with van der Waals surface area (Å²) in [6, 6.07) is 5.03. The van der Waals surface area contributed by atoms with Gasteiger partial charge in [0.2, 0.25) is 0 Å². The van der Waals surface area contributed by atoms with E-state index in [-0.39, 0.29) is 0 Å². The van der Waals surface area contributed by atoms with Crippen molar-refractivity contribution in [3.63, 3.8) is 0 Å². The van der Waals surface area contributed by atoms with Gasteiger partial charge in [0, 0.05) is 17.9 Å². The summed E-state index contributed by atoms with van der Waals surface area (Å²) in [5, 5.41) is 4.25. The number of hydrogen-bond acceptors (Lipinski definition) is 2. The molecule has 0 amide bonds. The second-order valence-electron chi connectivity index (χ2n) is 8.02. The van der Waals surface area contributed by atoms with Crippen LogP contribution in [-0.2, 0) is 6.42 Å². The average molecular weight is 291 g/mol. The molecule has 2 nitrogen and oxygen atoms in total. The van der Waals surface area contributed by atoms with Crippen LogP contribution in [0.4, 0.5) is 0 Å². The number of nitrogens with zero attached hydrogens (tertiary/aromatic N) is 1. The van der Waals surface area contributed by atoms with Crippen LogP contribution < -0.4 is 5.32 Å². The van der Waals surface area contributed by atoms with E-state index in [9.17, 15) is 0 Å². The summed E-state index contributed by atoms with van der Waals surface area (Å²) in [6.45, 7) is 15.7. The second kappa shape index (κ2) is 5.61. The Balaban J connectivity index is 1.99. The van der Waals surface area contributed by atoms with Crippen molar-refractivity contribution in [2.75, 3.05) is 6.54 Å². The standard InChI is InChI=1S/C17H30N2Si/c1-13-9-14(7-8-18-13)10-15-11-16(12-19-15)20(5,6)17(2,3)4/h7-9,15-16,19H,10-12H2,1-6H3. The lowest BCUT2D eigenvalue weighted by Gasteiger charge is -2.41. The van der Waals surface area contributed by atoms with Crippen molar-refractivity contribution in [1.29, 1.82) is 0 Å². The third kappa shape index (κ3) is 3.32. The van der Waals surface area contributed by atoms with Gasteiger partial charge >= 0.3 is 0 Å². The summed E-state index contributed by atoms with van der Waals surface area (Å²) in [7, 11) is -1.22. The first-order chi connectivity index (χ1) is 9.20. The monoisotopic (exact) mass is 290 g/mol. The Kier molecular flexibility index (Phi) is 4.40. The van der Waals surface area contributed by atoms with Crippen molar-refractivity contribution < 1.29 is 0 Å². The lowest BCUT2D eigenvalue weighted by atomic mass is 10.1. The molecular formula is C17H30N2Si. The molecule has 1 aromatic rings. The van der Waals surface area contributed by atoms with E-state index >= 15 is 0 Å². The van der Waals surface area contributed by atoms with Crippen LogP contribution in [0.1, 0.15) is 38.4 Å². The molecule has 1 saturated heterocycles. The van der Waals surface area contributed by atoms with Crippen molar-refractivity contribution in [1.82, 2.24) is 10.3 Å². The molecule has 112 valence electrons.